The number of aromatic nitrogens is 5. The minimum Gasteiger partial charge on any atom is -0.419 e. The summed E-state index contributed by atoms with van der Waals surface area (Å²) in [5.74, 6) is 0.872. The van der Waals surface area contributed by atoms with E-state index in [4.69, 9.17) is 16.0 Å². The molecule has 4 aromatic rings. The van der Waals surface area contributed by atoms with Crippen molar-refractivity contribution in [2.24, 2.45) is 0 Å². The lowest BCUT2D eigenvalue weighted by molar-refractivity contribution is 0.516. The van der Waals surface area contributed by atoms with E-state index in [0.717, 1.165) is 10.0 Å². The maximum atomic E-state index is 5.98. The van der Waals surface area contributed by atoms with E-state index in [9.17, 15) is 0 Å². The van der Waals surface area contributed by atoms with Crippen molar-refractivity contribution in [3.63, 3.8) is 0 Å². The highest BCUT2D eigenvalue weighted by Gasteiger charge is 2.13. The molecule has 23 heavy (non-hydrogen) atoms. The molecule has 0 saturated carbocycles. The van der Waals surface area contributed by atoms with Crippen LogP contribution in [0.1, 0.15) is 11.5 Å². The molecule has 0 aliphatic rings. The first-order valence-corrected chi connectivity index (χ1v) is 7.92. The molecular weight excluding hydrogens is 382 g/mol. The van der Waals surface area contributed by atoms with Gasteiger partial charge in [-0.15, -0.1) is 10.2 Å². The predicted molar refractivity (Wildman–Crippen MR) is 88.2 cm³/mol. The molecule has 8 heteroatoms. The number of halogens is 2. The molecule has 3 aromatic heterocycles. The van der Waals surface area contributed by atoms with Crippen molar-refractivity contribution in [3.8, 4) is 11.6 Å². The highest BCUT2D eigenvalue weighted by molar-refractivity contribution is 9.10. The average molecular weight is 391 g/mol. The lowest BCUT2D eigenvalue weighted by Crippen LogP contribution is -1.88. The highest BCUT2D eigenvalue weighted by Crippen LogP contribution is 2.20. The van der Waals surface area contributed by atoms with Gasteiger partial charge in [0, 0.05) is 23.5 Å². The minimum atomic E-state index is 0.364. The van der Waals surface area contributed by atoms with Crippen LogP contribution in [0.25, 0.3) is 17.2 Å². The predicted octanol–water partition coefficient (Wildman–Crippen LogP) is 3.79. The molecule has 0 atom stereocenters. The topological polar surface area (TPSA) is 69.1 Å². The van der Waals surface area contributed by atoms with E-state index in [1.54, 1.807) is 16.8 Å². The Hall–Kier alpha value is -2.25. The van der Waals surface area contributed by atoms with Gasteiger partial charge in [0.25, 0.3) is 5.89 Å². The van der Waals surface area contributed by atoms with Crippen molar-refractivity contribution in [3.05, 3.63) is 63.7 Å². The van der Waals surface area contributed by atoms with E-state index in [0.29, 0.717) is 34.6 Å². The van der Waals surface area contributed by atoms with E-state index in [1.807, 2.05) is 30.5 Å². The third-order valence-electron chi connectivity index (χ3n) is 3.21. The zero-order valence-corrected chi connectivity index (χ0v) is 14.0. The summed E-state index contributed by atoms with van der Waals surface area (Å²) in [7, 11) is 0. The van der Waals surface area contributed by atoms with Crippen molar-refractivity contribution < 1.29 is 4.42 Å². The molecular formula is C15H9BrClN5O. The first-order chi connectivity index (χ1) is 11.2. The zero-order chi connectivity index (χ0) is 15.8. The summed E-state index contributed by atoms with van der Waals surface area (Å²) in [6.07, 6.45) is 4.04. The van der Waals surface area contributed by atoms with Gasteiger partial charge >= 0.3 is 0 Å². The average Bonchev–Trinajstić information content (AvgIpc) is 3.13. The van der Waals surface area contributed by atoms with Gasteiger partial charge in [-0.2, -0.15) is 5.10 Å². The van der Waals surface area contributed by atoms with Crippen LogP contribution in [0.15, 0.2) is 51.6 Å². The number of hydrogen-bond acceptors (Lipinski definition) is 5. The van der Waals surface area contributed by atoms with Gasteiger partial charge < -0.3 is 4.42 Å². The van der Waals surface area contributed by atoms with Crippen LogP contribution in [-0.2, 0) is 6.42 Å². The summed E-state index contributed by atoms with van der Waals surface area (Å²) in [6.45, 7) is 0. The van der Waals surface area contributed by atoms with E-state index in [1.165, 1.54) is 0 Å². The highest BCUT2D eigenvalue weighted by atomic mass is 79.9. The quantitative estimate of drug-likeness (QED) is 0.532. The molecule has 0 unspecified atom stereocenters. The van der Waals surface area contributed by atoms with E-state index < -0.39 is 0 Å². The number of nitrogens with zero attached hydrogens (tertiary/aromatic N) is 5. The molecule has 0 amide bonds. The zero-order valence-electron chi connectivity index (χ0n) is 11.6. The molecule has 0 N–H and O–H groups in total. The number of fused-ring (bicyclic) bond motifs is 1. The van der Waals surface area contributed by atoms with E-state index in [-0.39, 0.29) is 0 Å². The lowest BCUT2D eigenvalue weighted by Gasteiger charge is -1.96. The summed E-state index contributed by atoms with van der Waals surface area (Å²) >= 11 is 9.34. The third kappa shape index (κ3) is 2.97. The summed E-state index contributed by atoms with van der Waals surface area (Å²) in [6, 6.07) is 9.34. The fraction of sp³-hybridized carbons (Fsp3) is 0.0667. The van der Waals surface area contributed by atoms with Crippen LogP contribution in [0.2, 0.25) is 5.02 Å². The molecule has 1 aromatic carbocycles. The second-order valence-electron chi connectivity index (χ2n) is 4.91. The van der Waals surface area contributed by atoms with E-state index in [2.05, 4.69) is 36.2 Å². The third-order valence-corrected chi connectivity index (χ3v) is 3.86. The molecule has 0 bridgehead atoms. The summed E-state index contributed by atoms with van der Waals surface area (Å²) in [5, 5.41) is 13.2. The second kappa shape index (κ2) is 5.75. The maximum Gasteiger partial charge on any atom is 0.268 e. The molecule has 0 aliphatic carbocycles. The monoisotopic (exact) mass is 389 g/mol. The van der Waals surface area contributed by atoms with Crippen molar-refractivity contribution in [2.45, 2.75) is 6.42 Å². The minimum absolute atomic E-state index is 0.364. The SMILES string of the molecule is Clc1cccc(Cc2nnc(-c3cc4ncc(Br)cn4n3)o2)c1. The molecule has 0 radical (unpaired) electrons. The lowest BCUT2D eigenvalue weighted by atomic mass is 10.1. The van der Waals surface area contributed by atoms with Crippen molar-refractivity contribution in [1.82, 2.24) is 24.8 Å². The van der Waals surface area contributed by atoms with Crippen LogP contribution < -0.4 is 0 Å². The first kappa shape index (κ1) is 14.3. The fourth-order valence-corrected chi connectivity index (χ4v) is 2.72. The number of benzene rings is 1. The fourth-order valence-electron chi connectivity index (χ4n) is 2.21. The Bertz CT molecular complexity index is 996. The van der Waals surface area contributed by atoms with Crippen LogP contribution >= 0.6 is 27.5 Å². The number of rotatable bonds is 3. The Morgan fingerprint density at radius 2 is 2.13 bits per heavy atom. The summed E-state index contributed by atoms with van der Waals surface area (Å²) in [5.41, 5.74) is 2.30. The van der Waals surface area contributed by atoms with Crippen LogP contribution in [0, 0.1) is 0 Å². The Balaban J connectivity index is 1.63. The Morgan fingerprint density at radius 3 is 3.00 bits per heavy atom. The summed E-state index contributed by atoms with van der Waals surface area (Å²) in [4.78, 5) is 4.26. The first-order valence-electron chi connectivity index (χ1n) is 6.75. The second-order valence-corrected chi connectivity index (χ2v) is 6.26. The molecule has 0 saturated heterocycles. The maximum absolute atomic E-state index is 5.98. The van der Waals surface area contributed by atoms with Gasteiger partial charge in [0.05, 0.1) is 10.9 Å². The van der Waals surface area contributed by atoms with Crippen LogP contribution in [-0.4, -0.2) is 24.8 Å². The smallest absolute Gasteiger partial charge is 0.268 e. The molecule has 0 aliphatic heterocycles. The normalized spacial score (nSPS) is 11.2. The van der Waals surface area contributed by atoms with Crippen LogP contribution in [0.4, 0.5) is 0 Å². The molecule has 0 fully saturated rings. The Morgan fingerprint density at radius 1 is 1.22 bits per heavy atom. The molecule has 4 rings (SSSR count). The van der Waals surface area contributed by atoms with Gasteiger partial charge in [-0.3, -0.25) is 0 Å². The van der Waals surface area contributed by atoms with Gasteiger partial charge in [-0.25, -0.2) is 9.50 Å². The Kier molecular flexibility index (Phi) is 3.59. The molecule has 6 nitrogen and oxygen atoms in total. The van der Waals surface area contributed by atoms with Crippen LogP contribution in [0.3, 0.4) is 0 Å². The van der Waals surface area contributed by atoms with Crippen molar-refractivity contribution in [2.75, 3.05) is 0 Å². The van der Waals surface area contributed by atoms with E-state index >= 15 is 0 Å². The van der Waals surface area contributed by atoms with Gasteiger partial charge in [0.15, 0.2) is 11.3 Å². The molecule has 114 valence electrons. The van der Waals surface area contributed by atoms with Gasteiger partial charge in [0.1, 0.15) is 0 Å². The van der Waals surface area contributed by atoms with Crippen molar-refractivity contribution >= 4 is 33.2 Å². The van der Waals surface area contributed by atoms with Gasteiger partial charge in [-0.1, -0.05) is 23.7 Å². The van der Waals surface area contributed by atoms with Gasteiger partial charge in [0.2, 0.25) is 5.89 Å². The van der Waals surface area contributed by atoms with Crippen LogP contribution in [0.5, 0.6) is 0 Å². The standard InChI is InChI=1S/C15H9BrClN5O/c16-10-7-18-13-6-12(21-22(13)8-10)15-20-19-14(23-15)5-9-2-1-3-11(17)4-9/h1-4,6-8H,5H2. The van der Waals surface area contributed by atoms with Crippen molar-refractivity contribution in [1.29, 1.82) is 0 Å². The molecule has 0 spiro atoms. The summed E-state index contributed by atoms with van der Waals surface area (Å²) < 4.78 is 8.19. The number of hydrogen-bond donors (Lipinski definition) is 0. The van der Waals surface area contributed by atoms with Gasteiger partial charge in [-0.05, 0) is 33.6 Å². The molecule has 3 heterocycles. The largest absolute Gasteiger partial charge is 0.419 e. The Labute approximate surface area is 144 Å².